The van der Waals surface area contributed by atoms with E-state index in [1.54, 1.807) is 0 Å². The second-order valence-electron chi connectivity index (χ2n) is 4.55. The maximum Gasteiger partial charge on any atom is 0.226 e. The zero-order valence-corrected chi connectivity index (χ0v) is 12.1. The predicted molar refractivity (Wildman–Crippen MR) is 79.7 cm³/mol. The summed E-state index contributed by atoms with van der Waals surface area (Å²) in [4.78, 5) is 11.1. The molecule has 1 aromatic heterocycles. The highest BCUT2D eigenvalue weighted by atomic mass is 35.5. The van der Waals surface area contributed by atoms with E-state index in [1.807, 2.05) is 38.1 Å². The lowest BCUT2D eigenvalue weighted by atomic mass is 10.2. The van der Waals surface area contributed by atoms with Gasteiger partial charge in [0.2, 0.25) is 5.95 Å². The van der Waals surface area contributed by atoms with E-state index in [1.165, 1.54) is 5.56 Å². The minimum absolute atomic E-state index is 0.559. The average Bonchev–Trinajstić information content (AvgIpc) is 2.38. The maximum atomic E-state index is 5.89. The molecule has 0 saturated carbocycles. The van der Waals surface area contributed by atoms with Crippen molar-refractivity contribution < 1.29 is 0 Å². The van der Waals surface area contributed by atoms with Crippen molar-refractivity contribution in [3.05, 3.63) is 53.3 Å². The van der Waals surface area contributed by atoms with Gasteiger partial charge in [0.05, 0.1) is 0 Å². The Labute approximate surface area is 119 Å². The van der Waals surface area contributed by atoms with Crippen LogP contribution in [0.15, 0.2) is 36.4 Å². The smallest absolute Gasteiger partial charge is 0.226 e. The molecule has 2 aromatic rings. The van der Waals surface area contributed by atoms with E-state index >= 15 is 0 Å². The largest absolute Gasteiger partial charge is 0.335 e. The molecule has 0 spiro atoms. The summed E-state index contributed by atoms with van der Waals surface area (Å²) in [5.41, 5.74) is 3.20. The summed E-state index contributed by atoms with van der Waals surface area (Å²) in [6, 6.07) is 12.3. The van der Waals surface area contributed by atoms with Crippen molar-refractivity contribution in [1.29, 1.82) is 0 Å². The molecule has 100 valence electrons. The van der Waals surface area contributed by atoms with Crippen LogP contribution in [-0.2, 0) is 6.54 Å². The van der Waals surface area contributed by atoms with Gasteiger partial charge < -0.3 is 4.90 Å². The van der Waals surface area contributed by atoms with Gasteiger partial charge in [0.1, 0.15) is 0 Å². The Balaban J connectivity index is 2.24. The van der Waals surface area contributed by atoms with Crippen LogP contribution >= 0.6 is 11.6 Å². The molecule has 0 aliphatic rings. The van der Waals surface area contributed by atoms with Gasteiger partial charge in [-0.2, -0.15) is 0 Å². The molecule has 0 unspecified atom stereocenters. The van der Waals surface area contributed by atoms with Crippen molar-refractivity contribution in [2.45, 2.75) is 20.4 Å². The first-order chi connectivity index (χ1) is 9.19. The van der Waals surface area contributed by atoms with Crippen LogP contribution < -0.4 is 4.90 Å². The maximum absolute atomic E-state index is 5.89. The molecular formula is C15H18ClN3. The molecule has 0 radical (unpaired) electrons. The molecule has 2 rings (SSSR count). The van der Waals surface area contributed by atoms with Crippen molar-refractivity contribution in [1.82, 2.24) is 9.97 Å². The Morgan fingerprint density at radius 2 is 1.68 bits per heavy atom. The molecule has 1 aromatic carbocycles. The van der Waals surface area contributed by atoms with Crippen LogP contribution in [0.5, 0.6) is 0 Å². The highest BCUT2D eigenvalue weighted by Crippen LogP contribution is 2.14. The fourth-order valence-electron chi connectivity index (χ4n) is 2.00. The van der Waals surface area contributed by atoms with Gasteiger partial charge in [-0.05, 0) is 25.5 Å². The van der Waals surface area contributed by atoms with E-state index < -0.39 is 0 Å². The molecule has 3 nitrogen and oxygen atoms in total. The van der Waals surface area contributed by atoms with E-state index in [4.69, 9.17) is 11.6 Å². The lowest BCUT2D eigenvalue weighted by Gasteiger charge is -2.22. The first-order valence-electron chi connectivity index (χ1n) is 6.36. The Kier molecular flexibility index (Phi) is 4.74. The van der Waals surface area contributed by atoms with Crippen molar-refractivity contribution >= 4 is 17.5 Å². The van der Waals surface area contributed by atoms with Gasteiger partial charge in [-0.1, -0.05) is 30.3 Å². The summed E-state index contributed by atoms with van der Waals surface area (Å²) >= 11 is 5.89. The monoisotopic (exact) mass is 275 g/mol. The van der Waals surface area contributed by atoms with Crippen molar-refractivity contribution in [3.8, 4) is 0 Å². The number of halogens is 1. The third kappa shape index (κ3) is 3.93. The minimum atomic E-state index is 0.559. The van der Waals surface area contributed by atoms with Crippen molar-refractivity contribution in [3.63, 3.8) is 0 Å². The van der Waals surface area contributed by atoms with E-state index in [9.17, 15) is 0 Å². The van der Waals surface area contributed by atoms with Crippen LogP contribution in [0, 0.1) is 13.8 Å². The number of hydrogen-bond donors (Lipinski definition) is 0. The van der Waals surface area contributed by atoms with E-state index in [0.29, 0.717) is 5.88 Å². The molecule has 4 heteroatoms. The van der Waals surface area contributed by atoms with E-state index in [0.717, 1.165) is 30.4 Å². The van der Waals surface area contributed by atoms with Gasteiger partial charge in [-0.15, -0.1) is 11.6 Å². The summed E-state index contributed by atoms with van der Waals surface area (Å²) in [6.45, 7) is 5.48. The van der Waals surface area contributed by atoms with Gasteiger partial charge in [0.15, 0.2) is 0 Å². The molecule has 0 N–H and O–H groups in total. The Hall–Kier alpha value is -1.61. The summed E-state index contributed by atoms with van der Waals surface area (Å²) < 4.78 is 0. The Morgan fingerprint density at radius 1 is 1.05 bits per heavy atom. The van der Waals surface area contributed by atoms with Crippen LogP contribution in [-0.4, -0.2) is 22.4 Å². The highest BCUT2D eigenvalue weighted by Gasteiger charge is 2.10. The number of alkyl halides is 1. The highest BCUT2D eigenvalue weighted by molar-refractivity contribution is 6.18. The Bertz CT molecular complexity index is 508. The van der Waals surface area contributed by atoms with Crippen LogP contribution in [0.4, 0.5) is 5.95 Å². The summed E-state index contributed by atoms with van der Waals surface area (Å²) in [6.07, 6.45) is 0. The van der Waals surface area contributed by atoms with Gasteiger partial charge in [-0.25, -0.2) is 9.97 Å². The average molecular weight is 276 g/mol. The number of hydrogen-bond acceptors (Lipinski definition) is 3. The molecule has 0 aliphatic carbocycles. The first kappa shape index (κ1) is 13.8. The second kappa shape index (κ2) is 6.53. The van der Waals surface area contributed by atoms with Crippen LogP contribution in [0.2, 0.25) is 0 Å². The lowest BCUT2D eigenvalue weighted by molar-refractivity contribution is 0.786. The molecule has 0 amide bonds. The van der Waals surface area contributed by atoms with E-state index in [-0.39, 0.29) is 0 Å². The fourth-order valence-corrected chi connectivity index (χ4v) is 2.21. The van der Waals surface area contributed by atoms with Crippen molar-refractivity contribution in [2.75, 3.05) is 17.3 Å². The number of aromatic nitrogens is 2. The second-order valence-corrected chi connectivity index (χ2v) is 4.92. The molecule has 1 heterocycles. The topological polar surface area (TPSA) is 29.0 Å². The van der Waals surface area contributed by atoms with Gasteiger partial charge in [0, 0.05) is 30.4 Å². The van der Waals surface area contributed by atoms with Gasteiger partial charge in [0.25, 0.3) is 0 Å². The fraction of sp³-hybridized carbons (Fsp3) is 0.333. The molecule has 0 bridgehead atoms. The first-order valence-corrected chi connectivity index (χ1v) is 6.89. The molecule has 19 heavy (non-hydrogen) atoms. The lowest BCUT2D eigenvalue weighted by Crippen LogP contribution is -2.27. The third-order valence-corrected chi connectivity index (χ3v) is 2.99. The van der Waals surface area contributed by atoms with Crippen molar-refractivity contribution in [2.24, 2.45) is 0 Å². The number of nitrogens with zero attached hydrogens (tertiary/aromatic N) is 3. The number of aryl methyl sites for hydroxylation is 2. The summed E-state index contributed by atoms with van der Waals surface area (Å²) in [7, 11) is 0. The van der Waals surface area contributed by atoms with Crippen LogP contribution in [0.3, 0.4) is 0 Å². The summed E-state index contributed by atoms with van der Waals surface area (Å²) in [5, 5.41) is 0. The van der Waals surface area contributed by atoms with Gasteiger partial charge >= 0.3 is 0 Å². The third-order valence-electron chi connectivity index (χ3n) is 2.82. The summed E-state index contributed by atoms with van der Waals surface area (Å²) in [5.74, 6) is 1.31. The normalized spacial score (nSPS) is 10.5. The van der Waals surface area contributed by atoms with E-state index in [2.05, 4.69) is 27.0 Å². The SMILES string of the molecule is Cc1cc(C)nc(N(CCCl)Cc2ccccc2)n1. The molecule has 0 saturated heterocycles. The Morgan fingerprint density at radius 3 is 2.26 bits per heavy atom. The van der Waals surface area contributed by atoms with Gasteiger partial charge in [-0.3, -0.25) is 0 Å². The molecule has 0 atom stereocenters. The standard InChI is InChI=1S/C15H18ClN3/c1-12-10-13(2)18-15(17-12)19(9-8-16)11-14-6-4-3-5-7-14/h3-7,10H,8-9,11H2,1-2H3. The zero-order valence-electron chi connectivity index (χ0n) is 11.3. The number of rotatable bonds is 5. The molecular weight excluding hydrogens is 258 g/mol. The molecule has 0 aliphatic heterocycles. The quantitative estimate of drug-likeness (QED) is 0.784. The number of anilines is 1. The zero-order chi connectivity index (χ0) is 13.7. The number of benzene rings is 1. The minimum Gasteiger partial charge on any atom is -0.335 e. The predicted octanol–water partition coefficient (Wildman–Crippen LogP) is 3.34. The molecule has 0 fully saturated rings. The van der Waals surface area contributed by atoms with Crippen LogP contribution in [0.1, 0.15) is 17.0 Å². The van der Waals surface area contributed by atoms with Crippen LogP contribution in [0.25, 0.3) is 0 Å².